The second-order valence-electron chi connectivity index (χ2n) is 5.39. The molecule has 0 aliphatic carbocycles. The normalized spacial score (nSPS) is 12.2. The molecule has 25 heavy (non-hydrogen) atoms. The number of benzene rings is 1. The highest BCUT2D eigenvalue weighted by atomic mass is 35.5. The van der Waals surface area contributed by atoms with Crippen molar-refractivity contribution in [3.8, 4) is 0 Å². The summed E-state index contributed by atoms with van der Waals surface area (Å²) in [6.45, 7) is -0.125. The fourth-order valence-corrected chi connectivity index (χ4v) is 2.65. The van der Waals surface area contributed by atoms with E-state index in [0.29, 0.717) is 5.02 Å². The molecule has 1 atom stereocenters. The van der Waals surface area contributed by atoms with Gasteiger partial charge in [-0.05, 0) is 30.7 Å². The minimum atomic E-state index is -3.34. The highest BCUT2D eigenvalue weighted by Crippen LogP contribution is 2.10. The van der Waals surface area contributed by atoms with Crippen molar-refractivity contribution in [3.05, 3.63) is 34.9 Å². The van der Waals surface area contributed by atoms with Gasteiger partial charge in [-0.15, -0.1) is 0 Å². The molecule has 3 N–H and O–H groups in total. The lowest BCUT2D eigenvalue weighted by Crippen LogP contribution is -2.48. The molecule has 0 heterocycles. The zero-order valence-corrected chi connectivity index (χ0v) is 15.1. The van der Waals surface area contributed by atoms with Gasteiger partial charge in [-0.25, -0.2) is 8.42 Å². The molecule has 1 aromatic carbocycles. The molecule has 0 radical (unpaired) electrons. The van der Waals surface area contributed by atoms with E-state index in [1.165, 1.54) is 24.3 Å². The summed E-state index contributed by atoms with van der Waals surface area (Å²) >= 11 is 5.74. The van der Waals surface area contributed by atoms with E-state index < -0.39 is 33.7 Å². The Balaban J connectivity index is 2.78. The zero-order valence-electron chi connectivity index (χ0n) is 13.5. The van der Waals surface area contributed by atoms with E-state index in [9.17, 15) is 22.8 Å². The maximum atomic E-state index is 12.2. The van der Waals surface area contributed by atoms with Crippen molar-refractivity contribution in [1.82, 2.24) is 10.6 Å². The molecule has 1 rings (SSSR count). The van der Waals surface area contributed by atoms with Crippen LogP contribution in [-0.2, 0) is 19.4 Å². The number of hydrogen-bond acceptors (Lipinski definition) is 5. The highest BCUT2D eigenvalue weighted by Gasteiger charge is 2.23. The molecule has 138 valence electrons. The number of carbonyl (C=O) groups excluding carboxylic acids is 2. The van der Waals surface area contributed by atoms with Crippen LogP contribution in [0.3, 0.4) is 0 Å². The van der Waals surface area contributed by atoms with Crippen molar-refractivity contribution in [2.24, 2.45) is 0 Å². The van der Waals surface area contributed by atoms with Gasteiger partial charge in [0.15, 0.2) is 0 Å². The van der Waals surface area contributed by atoms with Crippen molar-refractivity contribution in [2.75, 3.05) is 18.6 Å². The van der Waals surface area contributed by atoms with Gasteiger partial charge in [-0.3, -0.25) is 14.4 Å². The first-order chi connectivity index (χ1) is 11.6. The number of halogens is 1. The van der Waals surface area contributed by atoms with E-state index >= 15 is 0 Å². The van der Waals surface area contributed by atoms with Crippen LogP contribution in [0.25, 0.3) is 0 Å². The summed E-state index contributed by atoms with van der Waals surface area (Å²) in [6.07, 6.45) is 0.611. The number of nitrogens with one attached hydrogen (secondary N) is 2. The Bertz CT molecular complexity index is 733. The Hall–Kier alpha value is -2.13. The van der Waals surface area contributed by atoms with Gasteiger partial charge < -0.3 is 15.7 Å². The minimum Gasteiger partial charge on any atom is -0.481 e. The third kappa shape index (κ3) is 8.50. The quantitative estimate of drug-likeness (QED) is 0.561. The molecule has 1 aromatic rings. The van der Waals surface area contributed by atoms with Gasteiger partial charge >= 0.3 is 5.97 Å². The Kier molecular flexibility index (Phi) is 7.85. The minimum absolute atomic E-state index is 0.125. The topological polar surface area (TPSA) is 130 Å². The zero-order chi connectivity index (χ0) is 19.0. The second kappa shape index (κ2) is 9.38. The summed E-state index contributed by atoms with van der Waals surface area (Å²) < 4.78 is 22.6. The molecular weight excluding hydrogens is 372 g/mol. The lowest BCUT2D eigenvalue weighted by molar-refractivity contribution is -0.137. The fourth-order valence-electron chi connectivity index (χ4n) is 1.86. The van der Waals surface area contributed by atoms with Gasteiger partial charge in [-0.1, -0.05) is 11.6 Å². The van der Waals surface area contributed by atoms with Crippen molar-refractivity contribution in [2.45, 2.75) is 18.9 Å². The maximum Gasteiger partial charge on any atom is 0.305 e. The van der Waals surface area contributed by atoms with Crippen LogP contribution >= 0.6 is 11.6 Å². The Morgan fingerprint density at radius 3 is 2.32 bits per heavy atom. The molecule has 0 bridgehead atoms. The van der Waals surface area contributed by atoms with Crippen LogP contribution < -0.4 is 10.6 Å². The molecule has 0 saturated carbocycles. The van der Waals surface area contributed by atoms with Crippen LogP contribution in [0.5, 0.6) is 0 Å². The second-order valence-corrected chi connectivity index (χ2v) is 8.08. The average Bonchev–Trinajstić information content (AvgIpc) is 2.50. The smallest absolute Gasteiger partial charge is 0.305 e. The molecule has 0 saturated heterocycles. The number of sulfone groups is 1. The molecule has 2 amide bonds. The largest absolute Gasteiger partial charge is 0.481 e. The molecule has 8 nitrogen and oxygen atoms in total. The number of carboxylic acid groups (broad SMARTS) is 1. The lowest BCUT2D eigenvalue weighted by Gasteiger charge is -2.18. The van der Waals surface area contributed by atoms with E-state index in [4.69, 9.17) is 16.7 Å². The van der Waals surface area contributed by atoms with Crippen molar-refractivity contribution in [3.63, 3.8) is 0 Å². The van der Waals surface area contributed by atoms with Crippen LogP contribution in [0.15, 0.2) is 24.3 Å². The summed E-state index contributed by atoms with van der Waals surface area (Å²) in [7, 11) is -3.34. The van der Waals surface area contributed by atoms with Crippen LogP contribution in [0.2, 0.25) is 5.02 Å². The number of carboxylic acids is 1. The Morgan fingerprint density at radius 2 is 1.80 bits per heavy atom. The van der Waals surface area contributed by atoms with Crippen LogP contribution in [0.1, 0.15) is 23.2 Å². The molecule has 0 fully saturated rings. The third-order valence-electron chi connectivity index (χ3n) is 3.14. The predicted octanol–water partition coefficient (Wildman–Crippen LogP) is 0.464. The molecule has 1 unspecified atom stereocenters. The summed E-state index contributed by atoms with van der Waals surface area (Å²) in [6, 6.07) is 4.84. The van der Waals surface area contributed by atoms with Gasteiger partial charge in [0.05, 0.1) is 12.2 Å². The molecule has 0 aromatic heterocycles. The molecule has 0 aliphatic heterocycles. The van der Waals surface area contributed by atoms with Crippen molar-refractivity contribution >= 4 is 39.2 Å². The number of hydrogen-bond donors (Lipinski definition) is 3. The summed E-state index contributed by atoms with van der Waals surface area (Å²) in [5.41, 5.74) is 0.257. The van der Waals surface area contributed by atoms with Gasteiger partial charge in [-0.2, -0.15) is 0 Å². The molecular formula is C15H19ClN2O6S. The third-order valence-corrected chi connectivity index (χ3v) is 4.37. The number of aliphatic carboxylic acids is 1. The van der Waals surface area contributed by atoms with Crippen LogP contribution in [0.4, 0.5) is 0 Å². The molecule has 0 aliphatic rings. The predicted molar refractivity (Wildman–Crippen MR) is 92.3 cm³/mol. The highest BCUT2D eigenvalue weighted by molar-refractivity contribution is 7.90. The standard InChI is InChI=1S/C15H19ClN2O6S/c1-25(23,24)9-7-12(15(22)17-8-6-13(19)20)18-14(21)10-2-4-11(16)5-3-10/h2-5,12H,6-9H2,1H3,(H,17,22)(H,18,21)(H,19,20). The van der Waals surface area contributed by atoms with E-state index in [1.807, 2.05) is 0 Å². The van der Waals surface area contributed by atoms with E-state index in [-0.39, 0.29) is 30.7 Å². The average molecular weight is 391 g/mol. The van der Waals surface area contributed by atoms with E-state index in [2.05, 4.69) is 10.6 Å². The molecule has 0 spiro atoms. The van der Waals surface area contributed by atoms with Gasteiger partial charge in [0, 0.05) is 23.4 Å². The summed E-state index contributed by atoms with van der Waals surface area (Å²) in [5.74, 6) is -2.60. The maximum absolute atomic E-state index is 12.2. The first kappa shape index (κ1) is 20.9. The van der Waals surface area contributed by atoms with Crippen molar-refractivity contribution in [1.29, 1.82) is 0 Å². The summed E-state index contributed by atoms with van der Waals surface area (Å²) in [4.78, 5) is 34.8. The van der Waals surface area contributed by atoms with Gasteiger partial charge in [0.25, 0.3) is 5.91 Å². The monoisotopic (exact) mass is 390 g/mol. The number of rotatable bonds is 9. The first-order valence-electron chi connectivity index (χ1n) is 7.32. The van der Waals surface area contributed by atoms with E-state index in [1.54, 1.807) is 0 Å². The number of carbonyl (C=O) groups is 3. The fraction of sp³-hybridized carbons (Fsp3) is 0.400. The van der Waals surface area contributed by atoms with Gasteiger partial charge in [0.1, 0.15) is 15.9 Å². The summed E-state index contributed by atoms with van der Waals surface area (Å²) in [5, 5.41) is 13.8. The van der Waals surface area contributed by atoms with Crippen LogP contribution in [-0.4, -0.2) is 55.9 Å². The molecule has 10 heteroatoms. The lowest BCUT2D eigenvalue weighted by atomic mass is 10.1. The van der Waals surface area contributed by atoms with E-state index in [0.717, 1.165) is 6.26 Å². The van der Waals surface area contributed by atoms with Crippen molar-refractivity contribution < 1.29 is 27.9 Å². The SMILES string of the molecule is CS(=O)(=O)CCC(NC(=O)c1ccc(Cl)cc1)C(=O)NCCC(=O)O. The first-order valence-corrected chi connectivity index (χ1v) is 9.76. The Morgan fingerprint density at radius 1 is 1.20 bits per heavy atom. The van der Waals surface area contributed by atoms with Crippen LogP contribution in [0, 0.1) is 0 Å². The van der Waals surface area contributed by atoms with Gasteiger partial charge in [0.2, 0.25) is 5.91 Å². The number of amides is 2. The Labute approximate surface area is 150 Å².